The van der Waals surface area contributed by atoms with Crippen LogP contribution in [-0.2, 0) is 6.42 Å². The normalized spacial score (nSPS) is 29.4. The van der Waals surface area contributed by atoms with E-state index in [0.29, 0.717) is 0 Å². The molecule has 1 aromatic rings. The zero-order valence-corrected chi connectivity index (χ0v) is 7.64. The van der Waals surface area contributed by atoms with E-state index in [1.807, 2.05) is 17.8 Å². The van der Waals surface area contributed by atoms with Gasteiger partial charge in [0.2, 0.25) is 0 Å². The van der Waals surface area contributed by atoms with Crippen LogP contribution >= 0.6 is 11.8 Å². The van der Waals surface area contributed by atoms with E-state index in [-0.39, 0.29) is 0 Å². The smallest absolute Gasteiger partial charge is 0.0935 e. The molecule has 1 atom stereocenters. The highest BCUT2D eigenvalue weighted by Crippen LogP contribution is 2.30. The van der Waals surface area contributed by atoms with Crippen molar-refractivity contribution in [2.75, 3.05) is 11.5 Å². The van der Waals surface area contributed by atoms with Crippen molar-refractivity contribution in [3.63, 3.8) is 0 Å². The fourth-order valence-corrected chi connectivity index (χ4v) is 2.80. The summed E-state index contributed by atoms with van der Waals surface area (Å²) in [5, 5.41) is 10.0. The molecule has 1 N–H and O–H groups in total. The number of hydrogen-bond acceptors (Lipinski definition) is 3. The van der Waals surface area contributed by atoms with Crippen LogP contribution in [-0.4, -0.2) is 22.2 Å². The summed E-state index contributed by atoms with van der Waals surface area (Å²) in [6.07, 6.45) is 5.00. The van der Waals surface area contributed by atoms with Crippen LogP contribution in [0.3, 0.4) is 0 Å². The number of aliphatic hydroxyl groups is 1. The van der Waals surface area contributed by atoms with Gasteiger partial charge in [-0.2, -0.15) is 11.8 Å². The third-order valence-electron chi connectivity index (χ3n) is 2.20. The maximum absolute atomic E-state index is 10.0. The van der Waals surface area contributed by atoms with Gasteiger partial charge in [0.15, 0.2) is 0 Å². The van der Waals surface area contributed by atoms with Crippen molar-refractivity contribution in [1.82, 2.24) is 0 Å². The molecule has 1 aliphatic heterocycles. The van der Waals surface area contributed by atoms with E-state index >= 15 is 0 Å². The summed E-state index contributed by atoms with van der Waals surface area (Å²) in [4.78, 5) is 0. The molecule has 66 valence electrons. The fraction of sp³-hybridized carbons (Fsp3) is 0.556. The Morgan fingerprint density at radius 1 is 1.67 bits per heavy atom. The van der Waals surface area contributed by atoms with Gasteiger partial charge in [0, 0.05) is 12.2 Å². The van der Waals surface area contributed by atoms with E-state index in [1.165, 1.54) is 0 Å². The van der Waals surface area contributed by atoms with Crippen molar-refractivity contribution in [2.45, 2.75) is 18.4 Å². The quantitative estimate of drug-likeness (QED) is 0.759. The molecular weight excluding hydrogens is 172 g/mol. The SMILES string of the molecule is OC1(Cc2ccoc2)CCSC1. The Hall–Kier alpha value is -0.410. The lowest BCUT2D eigenvalue weighted by atomic mass is 9.96. The summed E-state index contributed by atoms with van der Waals surface area (Å²) in [6, 6.07) is 1.92. The Labute approximate surface area is 76.0 Å². The Balaban J connectivity index is 2.02. The highest BCUT2D eigenvalue weighted by atomic mass is 32.2. The van der Waals surface area contributed by atoms with E-state index < -0.39 is 5.60 Å². The van der Waals surface area contributed by atoms with Crippen LogP contribution in [0.4, 0.5) is 0 Å². The zero-order chi connectivity index (χ0) is 8.44. The predicted molar refractivity (Wildman–Crippen MR) is 49.3 cm³/mol. The molecule has 0 aromatic carbocycles. The topological polar surface area (TPSA) is 33.4 Å². The third-order valence-corrected chi connectivity index (χ3v) is 3.43. The van der Waals surface area contributed by atoms with E-state index in [1.54, 1.807) is 12.5 Å². The molecule has 0 bridgehead atoms. The van der Waals surface area contributed by atoms with Gasteiger partial charge in [-0.1, -0.05) is 0 Å². The summed E-state index contributed by atoms with van der Waals surface area (Å²) in [6.45, 7) is 0. The van der Waals surface area contributed by atoms with E-state index in [0.717, 1.165) is 29.9 Å². The summed E-state index contributed by atoms with van der Waals surface area (Å²) in [5.74, 6) is 1.94. The molecule has 0 radical (unpaired) electrons. The molecule has 1 aromatic heterocycles. The molecule has 0 amide bonds. The van der Waals surface area contributed by atoms with Crippen LogP contribution in [0, 0.1) is 0 Å². The largest absolute Gasteiger partial charge is 0.472 e. The van der Waals surface area contributed by atoms with Crippen LogP contribution in [0.2, 0.25) is 0 Å². The first-order chi connectivity index (χ1) is 5.79. The van der Waals surface area contributed by atoms with Gasteiger partial charge >= 0.3 is 0 Å². The molecule has 0 saturated carbocycles. The van der Waals surface area contributed by atoms with Crippen LogP contribution in [0.25, 0.3) is 0 Å². The Morgan fingerprint density at radius 2 is 2.58 bits per heavy atom. The zero-order valence-electron chi connectivity index (χ0n) is 6.82. The summed E-state index contributed by atoms with van der Waals surface area (Å²) in [7, 11) is 0. The molecule has 0 aliphatic carbocycles. The van der Waals surface area contributed by atoms with E-state index in [2.05, 4.69) is 0 Å². The van der Waals surface area contributed by atoms with Crippen LogP contribution in [0.15, 0.2) is 23.0 Å². The molecule has 1 unspecified atom stereocenters. The van der Waals surface area contributed by atoms with Crippen molar-refractivity contribution >= 4 is 11.8 Å². The average molecular weight is 184 g/mol. The van der Waals surface area contributed by atoms with Crippen LogP contribution < -0.4 is 0 Å². The van der Waals surface area contributed by atoms with Gasteiger partial charge in [-0.25, -0.2) is 0 Å². The standard InChI is InChI=1S/C9H12O2S/c10-9(2-4-12-7-9)5-8-1-3-11-6-8/h1,3,6,10H,2,4-5,7H2. The predicted octanol–water partition coefficient (Wildman–Crippen LogP) is 1.69. The van der Waals surface area contributed by atoms with Crippen molar-refractivity contribution in [2.24, 2.45) is 0 Å². The van der Waals surface area contributed by atoms with Crippen LogP contribution in [0.5, 0.6) is 0 Å². The van der Waals surface area contributed by atoms with Gasteiger partial charge in [0.25, 0.3) is 0 Å². The lowest BCUT2D eigenvalue weighted by Crippen LogP contribution is -2.30. The Kier molecular flexibility index (Phi) is 2.15. The van der Waals surface area contributed by atoms with Crippen molar-refractivity contribution in [3.8, 4) is 0 Å². The fourth-order valence-electron chi connectivity index (χ4n) is 1.51. The summed E-state index contributed by atoms with van der Waals surface area (Å²) >= 11 is 1.82. The Bertz CT molecular complexity index is 237. The molecule has 2 rings (SSSR count). The van der Waals surface area contributed by atoms with Crippen molar-refractivity contribution in [1.29, 1.82) is 0 Å². The second-order valence-corrected chi connectivity index (χ2v) is 4.44. The number of thioether (sulfide) groups is 1. The number of hydrogen-bond donors (Lipinski definition) is 1. The van der Waals surface area contributed by atoms with Crippen molar-refractivity contribution < 1.29 is 9.52 Å². The van der Waals surface area contributed by atoms with Crippen LogP contribution in [0.1, 0.15) is 12.0 Å². The van der Waals surface area contributed by atoms with Gasteiger partial charge < -0.3 is 9.52 Å². The van der Waals surface area contributed by atoms with Gasteiger partial charge in [0.05, 0.1) is 18.1 Å². The maximum Gasteiger partial charge on any atom is 0.0935 e. The third kappa shape index (κ3) is 1.67. The van der Waals surface area contributed by atoms with Gasteiger partial charge in [0.1, 0.15) is 0 Å². The van der Waals surface area contributed by atoms with Gasteiger partial charge in [-0.05, 0) is 23.8 Å². The van der Waals surface area contributed by atoms with Gasteiger partial charge in [-0.3, -0.25) is 0 Å². The second kappa shape index (κ2) is 3.15. The summed E-state index contributed by atoms with van der Waals surface area (Å²) < 4.78 is 4.95. The first-order valence-electron chi connectivity index (χ1n) is 4.10. The molecular formula is C9H12O2S. The molecule has 1 fully saturated rings. The van der Waals surface area contributed by atoms with E-state index in [9.17, 15) is 5.11 Å². The maximum atomic E-state index is 10.0. The first-order valence-corrected chi connectivity index (χ1v) is 5.25. The highest BCUT2D eigenvalue weighted by Gasteiger charge is 2.31. The molecule has 0 spiro atoms. The lowest BCUT2D eigenvalue weighted by Gasteiger charge is -2.19. The highest BCUT2D eigenvalue weighted by molar-refractivity contribution is 7.99. The monoisotopic (exact) mass is 184 g/mol. The molecule has 12 heavy (non-hydrogen) atoms. The van der Waals surface area contributed by atoms with Gasteiger partial charge in [-0.15, -0.1) is 0 Å². The number of furan rings is 1. The van der Waals surface area contributed by atoms with E-state index in [4.69, 9.17) is 4.42 Å². The Morgan fingerprint density at radius 3 is 3.17 bits per heavy atom. The minimum absolute atomic E-state index is 0.478. The average Bonchev–Trinajstić information content (AvgIpc) is 2.62. The summed E-state index contributed by atoms with van der Waals surface area (Å²) in [5.41, 5.74) is 0.620. The first kappa shape index (κ1) is 8.20. The minimum atomic E-state index is -0.478. The second-order valence-electron chi connectivity index (χ2n) is 3.34. The van der Waals surface area contributed by atoms with Crippen molar-refractivity contribution in [3.05, 3.63) is 24.2 Å². The molecule has 2 heterocycles. The molecule has 1 aliphatic rings. The minimum Gasteiger partial charge on any atom is -0.472 e. The lowest BCUT2D eigenvalue weighted by molar-refractivity contribution is 0.0685. The molecule has 3 heteroatoms. The molecule has 2 nitrogen and oxygen atoms in total. The molecule has 1 saturated heterocycles. The number of rotatable bonds is 2.